The molecule has 1 aliphatic rings. The molecule has 0 saturated carbocycles. The molecule has 38 heavy (non-hydrogen) atoms. The summed E-state index contributed by atoms with van der Waals surface area (Å²) in [5.74, 6) is -4.68. The number of aliphatic hydroxyl groups excluding tert-OH is 1. The second kappa shape index (κ2) is 10.1. The number of ketones is 1. The fourth-order valence-corrected chi connectivity index (χ4v) is 5.15. The van der Waals surface area contributed by atoms with Crippen LogP contribution in [0.4, 0.5) is 20.2 Å². The van der Waals surface area contributed by atoms with Crippen LogP contribution in [0.25, 0.3) is 11.0 Å². The van der Waals surface area contributed by atoms with E-state index in [0.29, 0.717) is 16.5 Å². The highest BCUT2D eigenvalue weighted by Crippen LogP contribution is 2.43. The van der Waals surface area contributed by atoms with Gasteiger partial charge in [-0.15, -0.1) is 0 Å². The van der Waals surface area contributed by atoms with Gasteiger partial charge in [0.1, 0.15) is 5.58 Å². The van der Waals surface area contributed by atoms with E-state index in [1.165, 1.54) is 12.1 Å². The van der Waals surface area contributed by atoms with E-state index < -0.39 is 35.1 Å². The number of benzene rings is 3. The Bertz CT molecular complexity index is 1590. The molecule has 1 atom stereocenters. The molecule has 1 amide bonds. The van der Waals surface area contributed by atoms with Gasteiger partial charge < -0.3 is 14.4 Å². The summed E-state index contributed by atoms with van der Waals surface area (Å²) in [6, 6.07) is 15.9. The van der Waals surface area contributed by atoms with Crippen molar-refractivity contribution >= 4 is 50.0 Å². The molecule has 0 fully saturated rings. The zero-order chi connectivity index (χ0) is 27.1. The summed E-state index contributed by atoms with van der Waals surface area (Å²) >= 11 is 3.39. The number of carbonyl (C=O) groups is 2. The molecule has 3 aromatic carbocycles. The molecule has 0 bridgehead atoms. The van der Waals surface area contributed by atoms with Crippen molar-refractivity contribution in [2.24, 2.45) is 0 Å². The van der Waals surface area contributed by atoms with Gasteiger partial charge in [-0.05, 0) is 67.9 Å². The van der Waals surface area contributed by atoms with Gasteiger partial charge in [0, 0.05) is 40.4 Å². The number of carbonyl (C=O) groups excluding carboxylic acids is 2. The molecular weight excluding hydrogens is 558 g/mol. The predicted octanol–water partition coefficient (Wildman–Crippen LogP) is 7.10. The Balaban J connectivity index is 1.64. The number of aliphatic hydroxyl groups is 1. The summed E-state index contributed by atoms with van der Waals surface area (Å²) in [5.41, 5.74) is 1.68. The van der Waals surface area contributed by atoms with E-state index >= 15 is 0 Å². The van der Waals surface area contributed by atoms with Gasteiger partial charge in [-0.3, -0.25) is 14.5 Å². The quantitative estimate of drug-likeness (QED) is 0.236. The summed E-state index contributed by atoms with van der Waals surface area (Å²) in [5, 5.41) is 11.6. The number of rotatable bonds is 7. The van der Waals surface area contributed by atoms with Crippen molar-refractivity contribution in [3.05, 3.63) is 105 Å². The summed E-state index contributed by atoms with van der Waals surface area (Å²) in [6.07, 6.45) is 0. The lowest BCUT2D eigenvalue weighted by molar-refractivity contribution is -0.117. The maximum absolute atomic E-state index is 14.2. The molecule has 5 rings (SSSR count). The fraction of sp³-hybridized carbons (Fsp3) is 0.172. The predicted molar refractivity (Wildman–Crippen MR) is 144 cm³/mol. The molecule has 4 aromatic rings. The molecule has 9 heteroatoms. The van der Waals surface area contributed by atoms with Crippen molar-refractivity contribution in [3.63, 3.8) is 0 Å². The van der Waals surface area contributed by atoms with Gasteiger partial charge in [0.15, 0.2) is 23.2 Å². The van der Waals surface area contributed by atoms with E-state index in [1.54, 1.807) is 30.3 Å². The normalized spacial score (nSPS) is 15.6. The van der Waals surface area contributed by atoms with Crippen LogP contribution in [-0.4, -0.2) is 29.9 Å². The lowest BCUT2D eigenvalue weighted by Crippen LogP contribution is -2.31. The average molecular weight is 581 g/mol. The lowest BCUT2D eigenvalue weighted by Gasteiger charge is -2.28. The third kappa shape index (κ3) is 4.36. The first-order valence-electron chi connectivity index (χ1n) is 12.0. The summed E-state index contributed by atoms with van der Waals surface area (Å²) in [4.78, 5) is 30.3. The second-order valence-corrected chi connectivity index (χ2v) is 9.74. The van der Waals surface area contributed by atoms with Crippen LogP contribution in [0.2, 0.25) is 0 Å². The number of Topliss-reactive ketones (excluding diaryl/α,β-unsaturated/α-hetero) is 1. The van der Waals surface area contributed by atoms with Gasteiger partial charge in [0.05, 0.1) is 11.6 Å². The minimum atomic E-state index is -1.16. The third-order valence-corrected chi connectivity index (χ3v) is 7.17. The van der Waals surface area contributed by atoms with E-state index in [0.717, 1.165) is 40.3 Å². The van der Waals surface area contributed by atoms with Crippen LogP contribution in [0, 0.1) is 11.6 Å². The van der Waals surface area contributed by atoms with Crippen molar-refractivity contribution in [1.82, 2.24) is 0 Å². The van der Waals surface area contributed by atoms with Gasteiger partial charge in [0.25, 0.3) is 5.91 Å². The highest BCUT2D eigenvalue weighted by atomic mass is 79.9. The topological polar surface area (TPSA) is 74.0 Å². The van der Waals surface area contributed by atoms with Crippen molar-refractivity contribution in [2.45, 2.75) is 19.9 Å². The van der Waals surface area contributed by atoms with Crippen LogP contribution < -0.4 is 9.80 Å². The number of fused-ring (bicyclic) bond motifs is 1. The second-order valence-electron chi connectivity index (χ2n) is 8.82. The van der Waals surface area contributed by atoms with Gasteiger partial charge in [-0.1, -0.05) is 28.1 Å². The summed E-state index contributed by atoms with van der Waals surface area (Å²) in [7, 11) is 0. The van der Waals surface area contributed by atoms with Gasteiger partial charge in [-0.2, -0.15) is 0 Å². The molecule has 1 N–H and O–H groups in total. The number of amides is 1. The Morgan fingerprint density at radius 2 is 1.71 bits per heavy atom. The van der Waals surface area contributed by atoms with Crippen molar-refractivity contribution in [2.75, 3.05) is 22.9 Å². The third-order valence-electron chi connectivity index (χ3n) is 6.67. The smallest absolute Gasteiger partial charge is 0.294 e. The van der Waals surface area contributed by atoms with Crippen molar-refractivity contribution < 1.29 is 27.9 Å². The fourth-order valence-electron chi connectivity index (χ4n) is 4.77. The zero-order valence-electron chi connectivity index (χ0n) is 20.5. The first-order valence-corrected chi connectivity index (χ1v) is 12.8. The zero-order valence-corrected chi connectivity index (χ0v) is 22.1. The molecule has 194 valence electrons. The molecule has 0 saturated heterocycles. The monoisotopic (exact) mass is 580 g/mol. The first kappa shape index (κ1) is 25.7. The van der Waals surface area contributed by atoms with Crippen LogP contribution in [0.1, 0.15) is 36.0 Å². The summed E-state index contributed by atoms with van der Waals surface area (Å²) < 4.78 is 34.5. The molecule has 2 heterocycles. The average Bonchev–Trinajstić information content (AvgIpc) is 3.45. The number of halogens is 3. The lowest BCUT2D eigenvalue weighted by atomic mass is 9.94. The van der Waals surface area contributed by atoms with Crippen LogP contribution in [0.3, 0.4) is 0 Å². The van der Waals surface area contributed by atoms with Crippen molar-refractivity contribution in [1.29, 1.82) is 0 Å². The van der Waals surface area contributed by atoms with Gasteiger partial charge >= 0.3 is 0 Å². The maximum Gasteiger partial charge on any atom is 0.294 e. The number of nitrogens with zero attached hydrogens (tertiary/aromatic N) is 2. The largest absolute Gasteiger partial charge is 0.503 e. The molecule has 0 radical (unpaired) electrons. The Morgan fingerprint density at radius 3 is 2.37 bits per heavy atom. The van der Waals surface area contributed by atoms with Crippen LogP contribution in [0.5, 0.6) is 0 Å². The Kier molecular flexibility index (Phi) is 6.79. The van der Waals surface area contributed by atoms with E-state index in [2.05, 4.69) is 20.8 Å². The van der Waals surface area contributed by atoms with Crippen LogP contribution in [0.15, 0.2) is 87.0 Å². The highest BCUT2D eigenvalue weighted by molar-refractivity contribution is 9.10. The van der Waals surface area contributed by atoms with E-state index in [4.69, 9.17) is 4.42 Å². The van der Waals surface area contributed by atoms with E-state index in [-0.39, 0.29) is 17.0 Å². The minimum Gasteiger partial charge on any atom is -0.503 e. The molecule has 1 unspecified atom stereocenters. The number of furan rings is 1. The van der Waals surface area contributed by atoms with Crippen LogP contribution >= 0.6 is 15.9 Å². The first-order chi connectivity index (χ1) is 18.2. The Labute approximate surface area is 225 Å². The van der Waals surface area contributed by atoms with E-state index in [9.17, 15) is 23.5 Å². The molecule has 1 aromatic heterocycles. The molecule has 0 aliphatic carbocycles. The van der Waals surface area contributed by atoms with Gasteiger partial charge in [0.2, 0.25) is 5.78 Å². The van der Waals surface area contributed by atoms with Crippen LogP contribution in [-0.2, 0) is 4.79 Å². The van der Waals surface area contributed by atoms with Crippen molar-refractivity contribution in [3.8, 4) is 0 Å². The minimum absolute atomic E-state index is 0.00499. The molecule has 6 nitrogen and oxygen atoms in total. The molecule has 0 spiro atoms. The molecule has 1 aliphatic heterocycles. The number of hydrogen-bond donors (Lipinski definition) is 1. The standard InChI is InChI=1S/C29H23BrF2N2O4/c1-3-33(4-2)19-8-5-16(6-9-19)26-25(27(35)24-14-17-13-18(30)7-12-23(17)38-24)28(36)29(37)34(26)20-10-11-21(31)22(32)15-20/h5-15,26,36H,3-4H2,1-2H3. The van der Waals surface area contributed by atoms with E-state index in [1.807, 2.05) is 26.0 Å². The molecular formula is C29H23BrF2N2O4. The Hall–Kier alpha value is -3.98. The number of hydrogen-bond acceptors (Lipinski definition) is 5. The highest BCUT2D eigenvalue weighted by Gasteiger charge is 2.45. The number of anilines is 2. The summed E-state index contributed by atoms with van der Waals surface area (Å²) in [6.45, 7) is 5.62. The maximum atomic E-state index is 14.2. The SMILES string of the molecule is CCN(CC)c1ccc(C2C(C(=O)c3cc4cc(Br)ccc4o3)=C(O)C(=O)N2c2ccc(F)c(F)c2)cc1. The Morgan fingerprint density at radius 1 is 1.00 bits per heavy atom. The van der Waals surface area contributed by atoms with Gasteiger partial charge in [-0.25, -0.2) is 8.78 Å².